The number of aliphatic hydroxyl groups is 2. The van der Waals surface area contributed by atoms with Crippen LogP contribution in [-0.4, -0.2) is 34.7 Å². The highest BCUT2D eigenvalue weighted by Gasteiger charge is 2.34. The lowest BCUT2D eigenvalue weighted by atomic mass is 10.0. The number of allylic oxidation sites excluding steroid dienone is 6. The number of esters is 2. The molecule has 2 N–H and O–H groups in total. The summed E-state index contributed by atoms with van der Waals surface area (Å²) in [5.74, 6) is -3.55. The van der Waals surface area contributed by atoms with Crippen LogP contribution in [0, 0.1) is 0 Å². The third-order valence-corrected chi connectivity index (χ3v) is 11.1. The van der Waals surface area contributed by atoms with Gasteiger partial charge in [0.1, 0.15) is 0 Å². The van der Waals surface area contributed by atoms with Crippen molar-refractivity contribution >= 4 is 11.9 Å². The van der Waals surface area contributed by atoms with Crippen LogP contribution in [0.25, 0.3) is 0 Å². The molecule has 0 radical (unpaired) electrons. The van der Waals surface area contributed by atoms with Crippen molar-refractivity contribution in [2.75, 3.05) is 6.61 Å². The van der Waals surface area contributed by atoms with Crippen molar-refractivity contribution in [2.45, 2.75) is 266 Å². The molecule has 0 heterocycles. The summed E-state index contributed by atoms with van der Waals surface area (Å²) in [6, 6.07) is 0. The number of rotatable bonds is 41. The molecular weight excluding hydrogens is 721 g/mol. The van der Waals surface area contributed by atoms with Crippen LogP contribution < -0.4 is 0 Å². The Labute approximate surface area is 359 Å². The second-order valence-corrected chi connectivity index (χ2v) is 17.5. The SMILES string of the molecule is CCCCCCCCCCCCCCCC(=O)OC(O)(/C=C(\C)CC/C=C(\CO)CC/C=C(\C)CCC=C(C)C)OC(=O)CCCCCCCCCCCCCCC. The second kappa shape index (κ2) is 40.2. The smallest absolute Gasteiger partial charge is 0.395 e. The molecule has 0 amide bonds. The maximum Gasteiger partial charge on any atom is 0.396 e. The molecule has 58 heavy (non-hydrogen) atoms. The van der Waals surface area contributed by atoms with Crippen LogP contribution in [0.1, 0.15) is 260 Å². The van der Waals surface area contributed by atoms with Crippen molar-refractivity contribution in [2.24, 2.45) is 0 Å². The van der Waals surface area contributed by atoms with Gasteiger partial charge in [-0.25, -0.2) is 0 Å². The van der Waals surface area contributed by atoms with E-state index in [4.69, 9.17) is 9.47 Å². The summed E-state index contributed by atoms with van der Waals surface area (Å²) in [6.45, 7) is 12.8. The van der Waals surface area contributed by atoms with Gasteiger partial charge in [0.2, 0.25) is 0 Å². The van der Waals surface area contributed by atoms with Crippen molar-refractivity contribution in [1.82, 2.24) is 0 Å². The normalized spacial score (nSPS) is 12.6. The highest BCUT2D eigenvalue weighted by molar-refractivity contribution is 5.72. The first-order chi connectivity index (χ1) is 28.0. The van der Waals surface area contributed by atoms with Gasteiger partial charge in [-0.2, -0.15) is 0 Å². The number of hydrogen-bond donors (Lipinski definition) is 2. The van der Waals surface area contributed by atoms with Gasteiger partial charge in [-0.1, -0.05) is 203 Å². The molecule has 0 aliphatic rings. The molecule has 0 atom stereocenters. The minimum Gasteiger partial charge on any atom is -0.395 e. The van der Waals surface area contributed by atoms with Crippen LogP contribution in [0.5, 0.6) is 0 Å². The first kappa shape index (κ1) is 55.8. The first-order valence-electron chi connectivity index (χ1n) is 24.5. The summed E-state index contributed by atoms with van der Waals surface area (Å²) >= 11 is 0. The maximum atomic E-state index is 12.9. The monoisotopic (exact) mass is 815 g/mol. The average molecular weight is 815 g/mol. The lowest BCUT2D eigenvalue weighted by Gasteiger charge is -2.25. The summed E-state index contributed by atoms with van der Waals surface area (Å²) < 4.78 is 11.0. The largest absolute Gasteiger partial charge is 0.396 e. The zero-order valence-corrected chi connectivity index (χ0v) is 39.1. The highest BCUT2D eigenvalue weighted by atomic mass is 16.8. The first-order valence-corrected chi connectivity index (χ1v) is 24.5. The highest BCUT2D eigenvalue weighted by Crippen LogP contribution is 2.22. The van der Waals surface area contributed by atoms with Gasteiger partial charge in [-0.05, 0) is 84.6 Å². The molecule has 0 unspecified atom stereocenters. The fourth-order valence-corrected chi connectivity index (χ4v) is 7.41. The van der Waals surface area contributed by atoms with E-state index in [2.05, 4.69) is 46.8 Å². The number of hydrogen-bond acceptors (Lipinski definition) is 6. The van der Waals surface area contributed by atoms with E-state index >= 15 is 0 Å². The summed E-state index contributed by atoms with van der Waals surface area (Å²) in [4.78, 5) is 25.9. The number of unbranched alkanes of at least 4 members (excludes halogenated alkanes) is 24. The van der Waals surface area contributed by atoms with E-state index in [1.165, 1.54) is 146 Å². The van der Waals surface area contributed by atoms with E-state index in [1.807, 2.05) is 13.0 Å². The molecular formula is C52H94O6. The van der Waals surface area contributed by atoms with Crippen molar-refractivity contribution in [3.63, 3.8) is 0 Å². The Balaban J connectivity index is 4.95. The maximum absolute atomic E-state index is 12.9. The molecule has 0 aliphatic carbocycles. The Kier molecular flexibility index (Phi) is 38.7. The molecule has 338 valence electrons. The van der Waals surface area contributed by atoms with E-state index < -0.39 is 17.9 Å². The van der Waals surface area contributed by atoms with Crippen LogP contribution in [0.15, 0.2) is 46.6 Å². The number of carbonyl (C=O) groups is 2. The van der Waals surface area contributed by atoms with Crippen molar-refractivity contribution in [3.05, 3.63) is 46.6 Å². The van der Waals surface area contributed by atoms with Crippen molar-refractivity contribution < 1.29 is 29.3 Å². The lowest BCUT2D eigenvalue weighted by molar-refractivity contribution is -0.296. The minimum atomic E-state index is -2.43. The molecule has 6 nitrogen and oxygen atoms in total. The molecule has 0 saturated heterocycles. The molecule has 0 aromatic carbocycles. The topological polar surface area (TPSA) is 93.1 Å². The zero-order chi connectivity index (χ0) is 43.0. The van der Waals surface area contributed by atoms with Gasteiger partial charge < -0.3 is 19.7 Å². The Hall–Kier alpha value is -2.18. The summed E-state index contributed by atoms with van der Waals surface area (Å²) in [6.07, 6.45) is 44.8. The van der Waals surface area contributed by atoms with Crippen LogP contribution >= 0.6 is 0 Å². The number of aliphatic hydroxyl groups excluding tert-OH is 1. The minimum absolute atomic E-state index is 0.00493. The molecule has 0 saturated carbocycles. The summed E-state index contributed by atoms with van der Waals surface area (Å²) in [5, 5.41) is 21.4. The van der Waals surface area contributed by atoms with E-state index in [-0.39, 0.29) is 19.4 Å². The third-order valence-electron chi connectivity index (χ3n) is 11.1. The molecule has 0 aliphatic heterocycles. The number of ether oxygens (including phenoxy) is 2. The van der Waals surface area contributed by atoms with Crippen molar-refractivity contribution in [3.8, 4) is 0 Å². The average Bonchev–Trinajstić information content (AvgIpc) is 3.17. The molecule has 6 heteroatoms. The van der Waals surface area contributed by atoms with Gasteiger partial charge in [0.15, 0.2) is 0 Å². The fraction of sp³-hybridized carbons (Fsp3) is 0.808. The van der Waals surface area contributed by atoms with Gasteiger partial charge in [-0.3, -0.25) is 9.59 Å². The Bertz CT molecular complexity index is 1070. The number of carbonyl (C=O) groups excluding carboxylic acids is 2. The van der Waals surface area contributed by atoms with E-state index in [0.717, 1.165) is 62.5 Å². The molecule has 0 aromatic rings. The van der Waals surface area contributed by atoms with Crippen LogP contribution in [0.2, 0.25) is 0 Å². The van der Waals surface area contributed by atoms with E-state index in [1.54, 1.807) is 0 Å². The van der Waals surface area contributed by atoms with E-state index in [0.29, 0.717) is 25.7 Å². The fourth-order valence-electron chi connectivity index (χ4n) is 7.41. The predicted molar refractivity (Wildman–Crippen MR) is 248 cm³/mol. The summed E-state index contributed by atoms with van der Waals surface area (Å²) in [7, 11) is 0. The van der Waals surface area contributed by atoms with Crippen LogP contribution in [0.3, 0.4) is 0 Å². The molecule has 0 aromatic heterocycles. The van der Waals surface area contributed by atoms with Crippen LogP contribution in [-0.2, 0) is 19.1 Å². The Morgan fingerprint density at radius 1 is 0.448 bits per heavy atom. The summed E-state index contributed by atoms with van der Waals surface area (Å²) in [5.41, 5.74) is 4.42. The van der Waals surface area contributed by atoms with Crippen molar-refractivity contribution in [1.29, 1.82) is 0 Å². The Morgan fingerprint density at radius 3 is 1.17 bits per heavy atom. The lowest BCUT2D eigenvalue weighted by Crippen LogP contribution is -2.38. The van der Waals surface area contributed by atoms with Gasteiger partial charge in [-0.15, -0.1) is 0 Å². The Morgan fingerprint density at radius 2 is 0.793 bits per heavy atom. The van der Waals surface area contributed by atoms with E-state index in [9.17, 15) is 19.8 Å². The van der Waals surface area contributed by atoms with Crippen LogP contribution in [0.4, 0.5) is 0 Å². The predicted octanol–water partition coefficient (Wildman–Crippen LogP) is 15.8. The zero-order valence-electron chi connectivity index (χ0n) is 39.1. The molecule has 0 spiro atoms. The second-order valence-electron chi connectivity index (χ2n) is 17.5. The van der Waals surface area contributed by atoms with Gasteiger partial charge >= 0.3 is 17.9 Å². The third kappa shape index (κ3) is 38.0. The molecule has 0 bridgehead atoms. The van der Waals surface area contributed by atoms with Gasteiger partial charge in [0.05, 0.1) is 6.61 Å². The van der Waals surface area contributed by atoms with Gasteiger partial charge in [0, 0.05) is 18.9 Å². The quantitative estimate of drug-likeness (QED) is 0.0276. The standard InChI is InChI=1S/C52H94O6/c1-7-9-11-13-15-17-19-21-23-25-27-29-31-42-50(54)57-52(56,58-51(55)43-32-30-28-26-24-22-20-18-16-14-12-10-8-2)44-48(6)39-35-41-49(45-53)40-34-38-47(5)37-33-36-46(3)4/h36,38,41,44,53,56H,7-35,37,39-40,42-43,45H2,1-6H3/b47-38+,48-44+,49-41-. The molecule has 0 rings (SSSR count). The molecule has 0 fully saturated rings. The van der Waals surface area contributed by atoms with Gasteiger partial charge in [0.25, 0.3) is 0 Å².